The van der Waals surface area contributed by atoms with E-state index in [0.717, 1.165) is 25.7 Å². The monoisotopic (exact) mass is 279 g/mol. The molecule has 6 nitrogen and oxygen atoms in total. The van der Waals surface area contributed by atoms with Gasteiger partial charge in [-0.25, -0.2) is 0 Å². The lowest BCUT2D eigenvalue weighted by Crippen LogP contribution is -2.33. The van der Waals surface area contributed by atoms with E-state index in [2.05, 4.69) is 10.4 Å². The van der Waals surface area contributed by atoms with Gasteiger partial charge in [0.1, 0.15) is 6.54 Å². The summed E-state index contributed by atoms with van der Waals surface area (Å²) in [4.78, 5) is 23.0. The summed E-state index contributed by atoms with van der Waals surface area (Å²) in [6.07, 6.45) is 7.89. The maximum Gasteiger partial charge on any atom is 0.325 e. The van der Waals surface area contributed by atoms with Crippen LogP contribution in [0.5, 0.6) is 0 Å². The van der Waals surface area contributed by atoms with E-state index in [1.54, 1.807) is 12.3 Å². The van der Waals surface area contributed by atoms with Gasteiger partial charge in [-0.05, 0) is 12.8 Å². The zero-order valence-electron chi connectivity index (χ0n) is 11.8. The molecular weight excluding hydrogens is 258 g/mol. The zero-order chi connectivity index (χ0) is 14.6. The molecular formula is C14H21N3O3. The number of carboxylic acid groups (broad SMARTS) is 1. The highest BCUT2D eigenvalue weighted by atomic mass is 16.4. The number of nitrogens with one attached hydrogen (secondary N) is 1. The van der Waals surface area contributed by atoms with E-state index in [-0.39, 0.29) is 17.9 Å². The lowest BCUT2D eigenvalue weighted by atomic mass is 9.81. The smallest absolute Gasteiger partial charge is 0.325 e. The Bertz CT molecular complexity index is 488. The molecule has 2 rings (SSSR count). The fourth-order valence-electron chi connectivity index (χ4n) is 2.66. The minimum absolute atomic E-state index is 0.0139. The number of rotatable bonds is 4. The second kappa shape index (κ2) is 6.07. The average Bonchev–Trinajstić information content (AvgIpc) is 2.67. The van der Waals surface area contributed by atoms with Crippen LogP contribution in [0.2, 0.25) is 0 Å². The summed E-state index contributed by atoms with van der Waals surface area (Å²) in [5, 5.41) is 15.5. The molecule has 1 fully saturated rings. The van der Waals surface area contributed by atoms with Crippen molar-refractivity contribution in [3.63, 3.8) is 0 Å². The van der Waals surface area contributed by atoms with Gasteiger partial charge in [-0.1, -0.05) is 32.6 Å². The number of nitrogens with zero attached hydrogens (tertiary/aromatic N) is 2. The number of anilines is 1. The minimum Gasteiger partial charge on any atom is -0.480 e. The Morgan fingerprint density at radius 2 is 2.00 bits per heavy atom. The van der Waals surface area contributed by atoms with Crippen molar-refractivity contribution in [1.82, 2.24) is 9.78 Å². The second-order valence-electron chi connectivity index (χ2n) is 5.72. The van der Waals surface area contributed by atoms with Crippen molar-refractivity contribution in [1.29, 1.82) is 0 Å². The molecule has 0 saturated heterocycles. The van der Waals surface area contributed by atoms with Crippen LogP contribution in [0.25, 0.3) is 0 Å². The van der Waals surface area contributed by atoms with Crippen molar-refractivity contribution in [2.45, 2.75) is 52.0 Å². The quantitative estimate of drug-likeness (QED) is 0.828. The normalized spacial score (nSPS) is 18.2. The van der Waals surface area contributed by atoms with Crippen LogP contribution >= 0.6 is 0 Å². The highest BCUT2D eigenvalue weighted by Crippen LogP contribution is 2.35. The molecule has 1 aromatic heterocycles. The van der Waals surface area contributed by atoms with Crippen LogP contribution in [0.1, 0.15) is 45.4 Å². The molecule has 6 heteroatoms. The van der Waals surface area contributed by atoms with Gasteiger partial charge in [0, 0.05) is 17.7 Å². The molecule has 0 spiro atoms. The molecule has 1 amide bonds. The first-order chi connectivity index (χ1) is 9.49. The van der Waals surface area contributed by atoms with Crippen LogP contribution in [0.4, 0.5) is 5.82 Å². The Hall–Kier alpha value is -1.85. The molecule has 0 atom stereocenters. The molecule has 1 aliphatic rings. The first kappa shape index (κ1) is 14.6. The van der Waals surface area contributed by atoms with E-state index in [9.17, 15) is 9.59 Å². The zero-order valence-corrected chi connectivity index (χ0v) is 11.8. The molecule has 1 heterocycles. The Balaban J connectivity index is 1.99. The Kier molecular flexibility index (Phi) is 4.42. The minimum atomic E-state index is -0.957. The van der Waals surface area contributed by atoms with Crippen LogP contribution in [-0.4, -0.2) is 26.8 Å². The van der Waals surface area contributed by atoms with Gasteiger partial charge < -0.3 is 10.4 Å². The van der Waals surface area contributed by atoms with Crippen molar-refractivity contribution in [2.24, 2.45) is 5.41 Å². The summed E-state index contributed by atoms with van der Waals surface area (Å²) >= 11 is 0. The van der Waals surface area contributed by atoms with Crippen LogP contribution in [0.15, 0.2) is 12.3 Å². The van der Waals surface area contributed by atoms with Crippen molar-refractivity contribution in [3.05, 3.63) is 12.3 Å². The second-order valence-corrected chi connectivity index (χ2v) is 5.72. The lowest BCUT2D eigenvalue weighted by molar-refractivity contribution is -0.137. The number of hydrogen-bond acceptors (Lipinski definition) is 3. The summed E-state index contributed by atoms with van der Waals surface area (Å²) in [7, 11) is 0. The predicted octanol–water partition coefficient (Wildman–Crippen LogP) is 2.27. The molecule has 110 valence electrons. The third kappa shape index (κ3) is 3.59. The van der Waals surface area contributed by atoms with Crippen LogP contribution in [0, 0.1) is 5.41 Å². The van der Waals surface area contributed by atoms with Crippen LogP contribution in [-0.2, 0) is 16.1 Å². The summed E-state index contributed by atoms with van der Waals surface area (Å²) in [5.41, 5.74) is -0.340. The topological polar surface area (TPSA) is 84.2 Å². The van der Waals surface area contributed by atoms with Gasteiger partial charge in [0.25, 0.3) is 0 Å². The van der Waals surface area contributed by atoms with Crippen molar-refractivity contribution < 1.29 is 14.7 Å². The lowest BCUT2D eigenvalue weighted by Gasteiger charge is -2.26. The number of hydrogen-bond donors (Lipinski definition) is 2. The maximum absolute atomic E-state index is 12.4. The Morgan fingerprint density at radius 3 is 2.60 bits per heavy atom. The third-order valence-electron chi connectivity index (χ3n) is 3.93. The largest absolute Gasteiger partial charge is 0.480 e. The van der Waals surface area contributed by atoms with Gasteiger partial charge in [-0.15, -0.1) is 0 Å². The molecule has 0 unspecified atom stereocenters. The number of carbonyl (C=O) groups is 2. The highest BCUT2D eigenvalue weighted by molar-refractivity contribution is 5.94. The molecule has 20 heavy (non-hydrogen) atoms. The van der Waals surface area contributed by atoms with Gasteiger partial charge in [0.05, 0.1) is 0 Å². The molecule has 1 saturated carbocycles. The fourth-order valence-corrected chi connectivity index (χ4v) is 2.66. The number of carbonyl (C=O) groups excluding carboxylic acids is 1. The van der Waals surface area contributed by atoms with Crippen LogP contribution < -0.4 is 5.32 Å². The van der Waals surface area contributed by atoms with E-state index >= 15 is 0 Å². The van der Waals surface area contributed by atoms with Gasteiger partial charge in [-0.3, -0.25) is 14.3 Å². The maximum atomic E-state index is 12.4. The van der Waals surface area contributed by atoms with E-state index in [0.29, 0.717) is 5.82 Å². The highest BCUT2D eigenvalue weighted by Gasteiger charge is 2.33. The standard InChI is InChI=1S/C14H21N3O3/c1-14(7-4-2-3-5-8-14)13(20)15-11-6-9-17(16-11)10-12(18)19/h6,9H,2-5,7-8,10H2,1H3,(H,18,19)(H,15,16,20). The van der Waals surface area contributed by atoms with Crippen LogP contribution in [0.3, 0.4) is 0 Å². The average molecular weight is 279 g/mol. The molecule has 0 aliphatic heterocycles. The molecule has 2 N–H and O–H groups in total. The number of aliphatic carboxylic acids is 1. The molecule has 0 radical (unpaired) electrons. The van der Waals surface area contributed by atoms with Gasteiger partial charge >= 0.3 is 5.97 Å². The number of carboxylic acids is 1. The Labute approximate surface area is 118 Å². The first-order valence-electron chi connectivity index (χ1n) is 7.06. The van der Waals surface area contributed by atoms with Crippen molar-refractivity contribution in [2.75, 3.05) is 5.32 Å². The summed E-state index contributed by atoms with van der Waals surface area (Å²) in [6, 6.07) is 1.63. The molecule has 1 aromatic rings. The summed E-state index contributed by atoms with van der Waals surface area (Å²) in [5.74, 6) is -0.552. The Morgan fingerprint density at radius 1 is 1.35 bits per heavy atom. The van der Waals surface area contributed by atoms with Crippen molar-refractivity contribution >= 4 is 17.7 Å². The summed E-state index contributed by atoms with van der Waals surface area (Å²) < 4.78 is 1.30. The summed E-state index contributed by atoms with van der Waals surface area (Å²) in [6.45, 7) is 1.80. The van der Waals surface area contributed by atoms with Gasteiger partial charge in [-0.2, -0.15) is 5.10 Å². The fraction of sp³-hybridized carbons (Fsp3) is 0.643. The molecule has 0 bridgehead atoms. The number of aromatic nitrogens is 2. The van der Waals surface area contributed by atoms with Gasteiger partial charge in [0.2, 0.25) is 5.91 Å². The van der Waals surface area contributed by atoms with Gasteiger partial charge in [0.15, 0.2) is 5.82 Å². The SMILES string of the molecule is CC1(C(=O)Nc2ccn(CC(=O)O)n2)CCCCCC1. The van der Waals surface area contributed by atoms with E-state index in [1.807, 2.05) is 6.92 Å². The number of amides is 1. The van der Waals surface area contributed by atoms with E-state index in [1.165, 1.54) is 17.5 Å². The molecule has 1 aliphatic carbocycles. The third-order valence-corrected chi connectivity index (χ3v) is 3.93. The predicted molar refractivity (Wildman–Crippen MR) is 74.3 cm³/mol. The van der Waals surface area contributed by atoms with Crippen molar-refractivity contribution in [3.8, 4) is 0 Å². The first-order valence-corrected chi connectivity index (χ1v) is 7.06. The molecule has 0 aromatic carbocycles. The van der Waals surface area contributed by atoms with E-state index in [4.69, 9.17) is 5.11 Å². The van der Waals surface area contributed by atoms with E-state index < -0.39 is 5.97 Å².